The van der Waals surface area contributed by atoms with Gasteiger partial charge in [0.2, 0.25) is 0 Å². The van der Waals surface area contributed by atoms with E-state index in [2.05, 4.69) is 5.32 Å². The lowest BCUT2D eigenvalue weighted by molar-refractivity contribution is 0.469. The average Bonchev–Trinajstić information content (AvgIpc) is 2.32. The molecule has 0 heterocycles. The summed E-state index contributed by atoms with van der Waals surface area (Å²) >= 11 is 11.7. The molecule has 0 atom stereocenters. The molecule has 0 saturated carbocycles. The van der Waals surface area contributed by atoms with E-state index in [0.29, 0.717) is 17.1 Å². The number of nitrogens with one attached hydrogen (secondary N) is 1. The highest BCUT2D eigenvalue weighted by Crippen LogP contribution is 2.31. The summed E-state index contributed by atoms with van der Waals surface area (Å²) < 4.78 is 0. The lowest BCUT2D eigenvalue weighted by Crippen LogP contribution is -1.99. The molecule has 0 radical (unpaired) electrons. The Morgan fingerprint density at radius 3 is 2.56 bits per heavy atom. The number of aromatic hydroxyl groups is 2. The highest BCUT2D eigenvalue weighted by atomic mass is 35.5. The molecule has 2 rings (SSSR count). The van der Waals surface area contributed by atoms with Crippen molar-refractivity contribution in [1.82, 2.24) is 0 Å². The second kappa shape index (κ2) is 5.38. The van der Waals surface area contributed by atoms with Crippen molar-refractivity contribution in [1.29, 1.82) is 0 Å². The fraction of sp³-hybridized carbons (Fsp3) is 0.0769. The zero-order valence-corrected chi connectivity index (χ0v) is 10.8. The summed E-state index contributed by atoms with van der Waals surface area (Å²) in [6, 6.07) is 9.82. The van der Waals surface area contributed by atoms with Crippen LogP contribution in [0.1, 0.15) is 5.56 Å². The minimum atomic E-state index is 0.00807. The first-order valence-electron chi connectivity index (χ1n) is 5.26. The number of rotatable bonds is 3. The number of hydrogen-bond donors (Lipinski definition) is 3. The van der Waals surface area contributed by atoms with E-state index in [4.69, 9.17) is 23.2 Å². The van der Waals surface area contributed by atoms with Crippen LogP contribution in [0.2, 0.25) is 10.0 Å². The van der Waals surface area contributed by atoms with E-state index in [0.717, 1.165) is 5.69 Å². The van der Waals surface area contributed by atoms with Gasteiger partial charge >= 0.3 is 0 Å². The summed E-state index contributed by atoms with van der Waals surface area (Å²) in [4.78, 5) is 0. The molecular weight excluding hydrogens is 273 g/mol. The molecule has 0 unspecified atom stereocenters. The summed E-state index contributed by atoms with van der Waals surface area (Å²) in [5, 5.41) is 22.8. The second-order valence-corrected chi connectivity index (χ2v) is 4.64. The van der Waals surface area contributed by atoms with Crippen molar-refractivity contribution in [2.24, 2.45) is 0 Å². The van der Waals surface area contributed by atoms with Crippen LogP contribution in [0, 0.1) is 0 Å². The van der Waals surface area contributed by atoms with E-state index in [-0.39, 0.29) is 16.5 Å². The van der Waals surface area contributed by atoms with E-state index in [9.17, 15) is 10.2 Å². The molecule has 0 bridgehead atoms. The lowest BCUT2D eigenvalue weighted by atomic mass is 10.2. The first-order chi connectivity index (χ1) is 8.56. The Morgan fingerprint density at radius 1 is 1.06 bits per heavy atom. The molecule has 2 aromatic carbocycles. The van der Waals surface area contributed by atoms with Gasteiger partial charge in [0.1, 0.15) is 11.5 Å². The fourth-order valence-corrected chi connectivity index (χ4v) is 2.10. The van der Waals surface area contributed by atoms with Crippen molar-refractivity contribution in [3.8, 4) is 11.5 Å². The average molecular weight is 284 g/mol. The van der Waals surface area contributed by atoms with Crippen molar-refractivity contribution >= 4 is 28.9 Å². The number of phenolic OH excluding ortho intramolecular Hbond substituents is 2. The molecule has 0 saturated heterocycles. The maximum absolute atomic E-state index is 9.77. The Morgan fingerprint density at radius 2 is 1.83 bits per heavy atom. The molecule has 0 aliphatic heterocycles. The van der Waals surface area contributed by atoms with Gasteiger partial charge in [-0.2, -0.15) is 0 Å². The lowest BCUT2D eigenvalue weighted by Gasteiger charge is -2.10. The third-order valence-corrected chi connectivity index (χ3v) is 2.94. The maximum Gasteiger partial charge on any atom is 0.139 e. The molecule has 2 aromatic rings. The van der Waals surface area contributed by atoms with Gasteiger partial charge in [0, 0.05) is 28.9 Å². The van der Waals surface area contributed by atoms with Gasteiger partial charge in [-0.05, 0) is 24.3 Å². The predicted molar refractivity (Wildman–Crippen MR) is 73.6 cm³/mol. The number of anilines is 1. The van der Waals surface area contributed by atoms with Crippen molar-refractivity contribution in [2.75, 3.05) is 5.32 Å². The molecule has 3 nitrogen and oxygen atoms in total. The maximum atomic E-state index is 9.77. The number of hydrogen-bond acceptors (Lipinski definition) is 3. The number of halogens is 2. The topological polar surface area (TPSA) is 52.5 Å². The quantitative estimate of drug-likeness (QED) is 0.798. The molecule has 0 fully saturated rings. The minimum Gasteiger partial charge on any atom is -0.508 e. The number of phenols is 2. The van der Waals surface area contributed by atoms with E-state index in [1.54, 1.807) is 24.3 Å². The van der Waals surface area contributed by atoms with E-state index < -0.39 is 0 Å². The van der Waals surface area contributed by atoms with Crippen molar-refractivity contribution in [3.05, 3.63) is 52.0 Å². The highest BCUT2D eigenvalue weighted by molar-refractivity contribution is 6.35. The minimum absolute atomic E-state index is 0.00807. The molecule has 3 N–H and O–H groups in total. The molecule has 94 valence electrons. The first kappa shape index (κ1) is 12.9. The molecule has 0 spiro atoms. The van der Waals surface area contributed by atoms with E-state index in [1.807, 2.05) is 6.07 Å². The largest absolute Gasteiger partial charge is 0.508 e. The van der Waals surface area contributed by atoms with Gasteiger partial charge in [0.15, 0.2) is 0 Å². The molecular formula is C13H11Cl2NO2. The smallest absolute Gasteiger partial charge is 0.139 e. The summed E-state index contributed by atoms with van der Waals surface area (Å²) in [6.45, 7) is 0.357. The normalized spacial score (nSPS) is 10.3. The summed E-state index contributed by atoms with van der Waals surface area (Å²) in [5.74, 6) is 0.182. The molecule has 0 aromatic heterocycles. The summed E-state index contributed by atoms with van der Waals surface area (Å²) in [5.41, 5.74) is 1.33. The van der Waals surface area contributed by atoms with Crippen LogP contribution >= 0.6 is 23.2 Å². The zero-order valence-electron chi connectivity index (χ0n) is 9.32. The van der Waals surface area contributed by atoms with Crippen LogP contribution in [-0.2, 0) is 6.54 Å². The van der Waals surface area contributed by atoms with Gasteiger partial charge in [-0.25, -0.2) is 0 Å². The van der Waals surface area contributed by atoms with Crippen LogP contribution in [0.4, 0.5) is 5.69 Å². The van der Waals surface area contributed by atoms with Gasteiger partial charge in [-0.3, -0.25) is 0 Å². The van der Waals surface area contributed by atoms with Crippen LogP contribution < -0.4 is 5.32 Å². The molecule has 5 heteroatoms. The van der Waals surface area contributed by atoms with Crippen LogP contribution in [0.25, 0.3) is 0 Å². The fourth-order valence-electron chi connectivity index (χ4n) is 1.57. The third kappa shape index (κ3) is 3.00. The van der Waals surface area contributed by atoms with Crippen LogP contribution in [0.5, 0.6) is 11.5 Å². The van der Waals surface area contributed by atoms with Crippen molar-refractivity contribution in [2.45, 2.75) is 6.54 Å². The monoisotopic (exact) mass is 283 g/mol. The molecule has 0 aliphatic rings. The Balaban J connectivity index is 2.15. The Bertz CT molecular complexity index is 573. The van der Waals surface area contributed by atoms with Gasteiger partial charge < -0.3 is 15.5 Å². The second-order valence-electron chi connectivity index (χ2n) is 3.80. The van der Waals surface area contributed by atoms with Crippen molar-refractivity contribution < 1.29 is 10.2 Å². The van der Waals surface area contributed by atoms with Crippen LogP contribution in [0.3, 0.4) is 0 Å². The van der Waals surface area contributed by atoms with Crippen LogP contribution in [0.15, 0.2) is 36.4 Å². The predicted octanol–water partition coefficient (Wildman–Crippen LogP) is 4.02. The number of benzene rings is 2. The van der Waals surface area contributed by atoms with E-state index >= 15 is 0 Å². The Hall–Kier alpha value is -1.58. The molecule has 18 heavy (non-hydrogen) atoms. The SMILES string of the molecule is Oc1cccc(NCc2cc(Cl)cc(Cl)c2O)c1. The third-order valence-electron chi connectivity index (χ3n) is 2.44. The molecule has 0 aliphatic carbocycles. The van der Waals surface area contributed by atoms with Gasteiger partial charge in [-0.15, -0.1) is 0 Å². The van der Waals surface area contributed by atoms with E-state index in [1.165, 1.54) is 6.07 Å². The summed E-state index contributed by atoms with van der Waals surface area (Å²) in [7, 11) is 0. The highest BCUT2D eigenvalue weighted by Gasteiger charge is 2.07. The van der Waals surface area contributed by atoms with Gasteiger partial charge in [0.05, 0.1) is 5.02 Å². The van der Waals surface area contributed by atoms with Crippen molar-refractivity contribution in [3.63, 3.8) is 0 Å². The first-order valence-corrected chi connectivity index (χ1v) is 6.01. The Labute approximate surface area is 115 Å². The van der Waals surface area contributed by atoms with Gasteiger partial charge in [-0.1, -0.05) is 29.3 Å². The standard InChI is InChI=1S/C13H11Cl2NO2/c14-9-4-8(13(18)12(15)5-9)7-16-10-2-1-3-11(17)6-10/h1-6,16-18H,7H2. The van der Waals surface area contributed by atoms with Gasteiger partial charge in [0.25, 0.3) is 0 Å². The Kier molecular flexibility index (Phi) is 3.84. The van der Waals surface area contributed by atoms with Crippen LogP contribution in [-0.4, -0.2) is 10.2 Å². The molecule has 0 amide bonds. The summed E-state index contributed by atoms with van der Waals surface area (Å²) in [6.07, 6.45) is 0. The zero-order chi connectivity index (χ0) is 13.1.